The summed E-state index contributed by atoms with van der Waals surface area (Å²) in [4.78, 5) is 12.7. The molecule has 5 N–H and O–H groups in total. The minimum atomic E-state index is 0. The molecule has 1 heterocycles. The summed E-state index contributed by atoms with van der Waals surface area (Å²) in [7, 11) is 5.66. The summed E-state index contributed by atoms with van der Waals surface area (Å²) in [5, 5.41) is 27.9. The van der Waals surface area contributed by atoms with Gasteiger partial charge in [0.15, 0.2) is 11.5 Å². The molecule has 178 valence electrons. The largest absolute Gasteiger partial charge is 0.508 e. The van der Waals surface area contributed by atoms with E-state index >= 15 is 0 Å². The molecule has 1 aromatic heterocycles. The van der Waals surface area contributed by atoms with E-state index in [9.17, 15) is 4.79 Å². The first-order valence-corrected chi connectivity index (χ1v) is 9.19. The Kier molecular flexibility index (Phi) is 17.3. The van der Waals surface area contributed by atoms with Gasteiger partial charge in [0.05, 0.1) is 6.20 Å². The lowest BCUT2D eigenvalue weighted by molar-refractivity contribution is 0.0116. The average Bonchev–Trinajstić information content (AvgIpc) is 3.31. The van der Waals surface area contributed by atoms with Gasteiger partial charge >= 0.3 is 0 Å². The van der Waals surface area contributed by atoms with E-state index in [0.29, 0.717) is 11.3 Å². The minimum absolute atomic E-state index is 0. The van der Waals surface area contributed by atoms with Crippen molar-refractivity contribution in [2.24, 2.45) is 5.90 Å². The highest BCUT2D eigenvalue weighted by atomic mass is 35.5. The van der Waals surface area contributed by atoms with Crippen LogP contribution < -0.4 is 5.90 Å². The third kappa shape index (κ3) is 12.7. The number of phenols is 2. The van der Waals surface area contributed by atoms with Crippen molar-refractivity contribution in [3.05, 3.63) is 66.4 Å². The van der Waals surface area contributed by atoms with Gasteiger partial charge in [-0.15, -0.1) is 12.4 Å². The van der Waals surface area contributed by atoms with Crippen molar-refractivity contribution < 1.29 is 29.5 Å². The molecule has 9 nitrogen and oxygen atoms in total. The Bertz CT molecular complexity index is 841. The van der Waals surface area contributed by atoms with Crippen LogP contribution in [-0.2, 0) is 4.74 Å². The lowest BCUT2D eigenvalue weighted by Gasteiger charge is -2.16. The van der Waals surface area contributed by atoms with Crippen LogP contribution in [0.2, 0.25) is 0 Å². The number of rotatable bonds is 4. The average molecular weight is 470 g/mol. The van der Waals surface area contributed by atoms with E-state index < -0.39 is 0 Å². The topological polar surface area (TPSA) is 142 Å². The Balaban J connectivity index is 0. The van der Waals surface area contributed by atoms with Crippen LogP contribution in [0.15, 0.2) is 65.3 Å². The molecule has 0 saturated heterocycles. The standard InChI is InChI=1S/C9H7NO2.C8H8O2.C5H13NO.ClH.H3NO/c11-8-3-1-7(2-4-8)9-5-6-10-12-9;1-6(9)7-2-4-8(10)5-3-7;1-5(7-4)6(2)3;;1-2/h1-6,11H;2-5,10H,1H3;5H,1-4H3;1H;2H,1H2. The Morgan fingerprint density at radius 3 is 1.78 bits per heavy atom. The molecule has 3 aromatic rings. The molecule has 0 aliphatic rings. The van der Waals surface area contributed by atoms with Crippen LogP contribution in [0.4, 0.5) is 0 Å². The van der Waals surface area contributed by atoms with E-state index in [1.807, 2.05) is 25.9 Å². The summed E-state index contributed by atoms with van der Waals surface area (Å²) in [6.45, 7) is 3.49. The zero-order chi connectivity index (χ0) is 23.8. The van der Waals surface area contributed by atoms with Gasteiger partial charge in [0, 0.05) is 24.3 Å². The fraction of sp³-hybridized carbons (Fsp3) is 0.273. The van der Waals surface area contributed by atoms with Gasteiger partial charge in [0.2, 0.25) is 0 Å². The lowest BCUT2D eigenvalue weighted by Crippen LogP contribution is -2.25. The van der Waals surface area contributed by atoms with E-state index in [0.717, 1.165) is 5.56 Å². The van der Waals surface area contributed by atoms with Gasteiger partial charge < -0.3 is 24.7 Å². The number of benzene rings is 2. The maximum Gasteiger partial charge on any atom is 0.166 e. The van der Waals surface area contributed by atoms with E-state index in [-0.39, 0.29) is 35.9 Å². The monoisotopic (exact) mass is 469 g/mol. The van der Waals surface area contributed by atoms with Gasteiger partial charge in [-0.25, -0.2) is 5.90 Å². The number of nitrogens with zero attached hydrogens (tertiary/aromatic N) is 2. The van der Waals surface area contributed by atoms with Crippen molar-refractivity contribution in [2.45, 2.75) is 20.1 Å². The van der Waals surface area contributed by atoms with Gasteiger partial charge in [-0.3, -0.25) is 9.69 Å². The van der Waals surface area contributed by atoms with Crippen LogP contribution in [0.3, 0.4) is 0 Å². The highest BCUT2D eigenvalue weighted by Crippen LogP contribution is 2.20. The van der Waals surface area contributed by atoms with Crippen molar-refractivity contribution in [1.29, 1.82) is 0 Å². The number of carbonyl (C=O) groups is 1. The summed E-state index contributed by atoms with van der Waals surface area (Å²) in [6.07, 6.45) is 1.82. The first-order chi connectivity index (χ1) is 14.7. The predicted molar refractivity (Wildman–Crippen MR) is 125 cm³/mol. The van der Waals surface area contributed by atoms with Crippen LogP contribution in [0.25, 0.3) is 11.3 Å². The molecule has 0 saturated carbocycles. The lowest BCUT2D eigenvalue weighted by atomic mass is 10.1. The fourth-order valence-electron chi connectivity index (χ4n) is 1.90. The van der Waals surface area contributed by atoms with E-state index in [1.165, 1.54) is 19.1 Å². The number of Topliss-reactive ketones (excluding diaryl/α,β-unsaturated/α-hetero) is 1. The van der Waals surface area contributed by atoms with Crippen molar-refractivity contribution in [3.63, 3.8) is 0 Å². The molecule has 0 aliphatic heterocycles. The number of phenolic OH excluding ortho intramolecular Hbond substituents is 2. The zero-order valence-electron chi connectivity index (χ0n) is 18.8. The molecule has 0 aliphatic carbocycles. The molecule has 1 atom stereocenters. The van der Waals surface area contributed by atoms with E-state index in [1.54, 1.807) is 55.8 Å². The fourth-order valence-corrected chi connectivity index (χ4v) is 1.90. The van der Waals surface area contributed by atoms with Crippen LogP contribution in [0.5, 0.6) is 11.5 Å². The van der Waals surface area contributed by atoms with Crippen LogP contribution in [-0.4, -0.2) is 58.7 Å². The summed E-state index contributed by atoms with van der Waals surface area (Å²) < 4.78 is 9.87. The summed E-state index contributed by atoms with van der Waals surface area (Å²) in [5.74, 6) is 4.65. The van der Waals surface area contributed by atoms with Crippen LogP contribution >= 0.6 is 12.4 Å². The number of methoxy groups -OCH3 is 1. The van der Waals surface area contributed by atoms with Crippen molar-refractivity contribution in [2.75, 3.05) is 21.2 Å². The second kappa shape index (κ2) is 17.7. The molecule has 2 aromatic carbocycles. The number of hydrogen-bond donors (Lipinski definition) is 4. The molecule has 10 heteroatoms. The van der Waals surface area contributed by atoms with Crippen molar-refractivity contribution >= 4 is 18.2 Å². The third-order valence-electron chi connectivity index (χ3n) is 3.93. The minimum Gasteiger partial charge on any atom is -0.508 e. The molecule has 0 amide bonds. The Hall–Kier alpha value is -2.95. The smallest absolute Gasteiger partial charge is 0.166 e. The normalized spacial score (nSPS) is 10.1. The highest BCUT2D eigenvalue weighted by Gasteiger charge is 2.00. The molecule has 1 unspecified atom stereocenters. The van der Waals surface area contributed by atoms with E-state index in [2.05, 4.69) is 11.1 Å². The van der Waals surface area contributed by atoms with E-state index in [4.69, 9.17) is 24.7 Å². The van der Waals surface area contributed by atoms with Gasteiger partial charge in [-0.05, 0) is 76.5 Å². The molecule has 3 rings (SSSR count). The Labute approximate surface area is 194 Å². The molecule has 0 bridgehead atoms. The third-order valence-corrected chi connectivity index (χ3v) is 3.93. The number of carbonyl (C=O) groups excluding carboxylic acids is 1. The molecule has 0 radical (unpaired) electrons. The maximum atomic E-state index is 10.7. The number of halogens is 1. The number of hydrogen-bond acceptors (Lipinski definition) is 9. The molecular weight excluding hydrogens is 438 g/mol. The van der Waals surface area contributed by atoms with Crippen LogP contribution in [0.1, 0.15) is 24.2 Å². The summed E-state index contributed by atoms with van der Waals surface area (Å²) in [6, 6.07) is 14.7. The Morgan fingerprint density at radius 1 is 1.00 bits per heavy atom. The number of ketones is 1. The highest BCUT2D eigenvalue weighted by molar-refractivity contribution is 5.94. The van der Waals surface area contributed by atoms with Crippen LogP contribution in [0, 0.1) is 0 Å². The van der Waals surface area contributed by atoms with Crippen molar-refractivity contribution in [1.82, 2.24) is 10.1 Å². The Morgan fingerprint density at radius 2 is 1.47 bits per heavy atom. The first-order valence-electron chi connectivity index (χ1n) is 9.19. The number of aromatic nitrogens is 1. The zero-order valence-corrected chi connectivity index (χ0v) is 19.6. The second-order valence-electron chi connectivity index (χ2n) is 6.33. The van der Waals surface area contributed by atoms with Gasteiger partial charge in [0.1, 0.15) is 17.7 Å². The molecule has 0 fully saturated rings. The predicted octanol–water partition coefficient (Wildman–Crippen LogP) is 3.94. The molecule has 32 heavy (non-hydrogen) atoms. The van der Waals surface area contributed by atoms with Gasteiger partial charge in [-0.2, -0.15) is 0 Å². The SMILES string of the molecule is CC(=O)c1ccc(O)cc1.COC(C)N(C)C.Cl.NO.Oc1ccc(-c2ccno2)cc1. The van der Waals surface area contributed by atoms with Crippen molar-refractivity contribution in [3.8, 4) is 22.8 Å². The van der Waals surface area contributed by atoms with Gasteiger partial charge in [0.25, 0.3) is 0 Å². The number of aromatic hydroxyl groups is 2. The maximum absolute atomic E-state index is 10.7. The van der Waals surface area contributed by atoms with Gasteiger partial charge in [-0.1, -0.05) is 5.16 Å². The summed E-state index contributed by atoms with van der Waals surface area (Å²) in [5.41, 5.74) is 1.53. The molecule has 0 spiro atoms. The summed E-state index contributed by atoms with van der Waals surface area (Å²) >= 11 is 0. The number of ether oxygens (including phenoxy) is 1. The molecular formula is C22H32ClN3O6. The first kappa shape index (κ1) is 31.2. The quantitative estimate of drug-likeness (QED) is 0.254. The second-order valence-corrected chi connectivity index (χ2v) is 6.33. The number of nitrogens with two attached hydrogens (primary N) is 1.